The second-order valence-electron chi connectivity index (χ2n) is 5.26. The highest BCUT2D eigenvalue weighted by molar-refractivity contribution is 5.13. The summed E-state index contributed by atoms with van der Waals surface area (Å²) in [4.78, 5) is 0. The molecule has 1 saturated carbocycles. The molecule has 106 valence electrons. The van der Waals surface area contributed by atoms with Crippen molar-refractivity contribution in [3.05, 3.63) is 47.3 Å². The molecule has 1 fully saturated rings. The van der Waals surface area contributed by atoms with Crippen LogP contribution in [0.2, 0.25) is 0 Å². The lowest BCUT2D eigenvalue weighted by molar-refractivity contribution is -0.0269. The van der Waals surface area contributed by atoms with E-state index in [1.54, 1.807) is 0 Å². The van der Waals surface area contributed by atoms with Crippen LogP contribution in [0.5, 0.6) is 0 Å². The zero-order valence-corrected chi connectivity index (χ0v) is 11.6. The highest BCUT2D eigenvalue weighted by Crippen LogP contribution is 2.24. The summed E-state index contributed by atoms with van der Waals surface area (Å²) >= 11 is 0. The molecule has 1 aromatic carbocycles. The van der Waals surface area contributed by atoms with Gasteiger partial charge in [0.15, 0.2) is 0 Å². The normalized spacial score (nSPS) is 21.6. The van der Waals surface area contributed by atoms with E-state index >= 15 is 0 Å². The summed E-state index contributed by atoms with van der Waals surface area (Å²) in [6.07, 6.45) is 2.47. The zero-order chi connectivity index (χ0) is 13.8. The Kier molecular flexibility index (Phi) is 4.08. The zero-order valence-electron chi connectivity index (χ0n) is 11.6. The highest BCUT2D eigenvalue weighted by atomic mass is 16.6. The number of hydrogen-bond acceptors (Lipinski definition) is 5. The molecule has 1 aliphatic rings. The number of rotatable bonds is 6. The van der Waals surface area contributed by atoms with E-state index in [-0.39, 0.29) is 0 Å². The van der Waals surface area contributed by atoms with Gasteiger partial charge in [-0.3, -0.25) is 0 Å². The van der Waals surface area contributed by atoms with Crippen LogP contribution in [0.1, 0.15) is 29.8 Å². The van der Waals surface area contributed by atoms with Gasteiger partial charge in [0.25, 0.3) is 0 Å². The largest absolute Gasteiger partial charge is 0.373 e. The third kappa shape index (κ3) is 3.23. The van der Waals surface area contributed by atoms with Crippen molar-refractivity contribution in [3.63, 3.8) is 0 Å². The monoisotopic (exact) mass is 273 g/mol. The van der Waals surface area contributed by atoms with Crippen LogP contribution in [0.4, 0.5) is 0 Å². The Balaban J connectivity index is 1.34. The highest BCUT2D eigenvalue weighted by Gasteiger charge is 2.29. The van der Waals surface area contributed by atoms with Gasteiger partial charge in [-0.2, -0.15) is 0 Å². The fraction of sp³-hybridized carbons (Fsp3) is 0.467. The minimum atomic E-state index is 0.365. The average molecular weight is 273 g/mol. The molecule has 5 heteroatoms. The van der Waals surface area contributed by atoms with Gasteiger partial charge in [0.1, 0.15) is 11.4 Å². The summed E-state index contributed by atoms with van der Waals surface area (Å²) in [7, 11) is 0. The molecular weight excluding hydrogens is 254 g/mol. The molecule has 0 amide bonds. The van der Waals surface area contributed by atoms with Gasteiger partial charge < -0.3 is 10.1 Å². The van der Waals surface area contributed by atoms with Crippen LogP contribution in [-0.4, -0.2) is 22.5 Å². The lowest BCUT2D eigenvalue weighted by Crippen LogP contribution is -2.45. The van der Waals surface area contributed by atoms with E-state index in [0.717, 1.165) is 24.2 Å². The van der Waals surface area contributed by atoms with E-state index < -0.39 is 0 Å². The first-order chi connectivity index (χ1) is 9.81. The first-order valence-electron chi connectivity index (χ1n) is 6.98. The molecule has 0 aliphatic heterocycles. The summed E-state index contributed by atoms with van der Waals surface area (Å²) in [6.45, 7) is 3.32. The van der Waals surface area contributed by atoms with E-state index in [0.29, 0.717) is 25.3 Å². The minimum Gasteiger partial charge on any atom is -0.373 e. The van der Waals surface area contributed by atoms with Gasteiger partial charge in [-0.05, 0) is 25.3 Å². The molecule has 0 unspecified atom stereocenters. The Morgan fingerprint density at radius 3 is 2.75 bits per heavy atom. The number of hydrogen-bond donors (Lipinski definition) is 1. The van der Waals surface area contributed by atoms with Crippen LogP contribution < -0.4 is 5.32 Å². The van der Waals surface area contributed by atoms with Crippen LogP contribution in [0.25, 0.3) is 0 Å². The van der Waals surface area contributed by atoms with Gasteiger partial charge >= 0.3 is 0 Å². The Morgan fingerprint density at radius 1 is 1.25 bits per heavy atom. The molecule has 1 aliphatic carbocycles. The molecule has 3 rings (SSSR count). The maximum atomic E-state index is 5.87. The van der Waals surface area contributed by atoms with Crippen molar-refractivity contribution in [1.29, 1.82) is 0 Å². The first kappa shape index (κ1) is 13.3. The summed E-state index contributed by atoms with van der Waals surface area (Å²) in [5.74, 6) is 0. The topological polar surface area (TPSA) is 60.2 Å². The average Bonchev–Trinajstić information content (AvgIpc) is 2.83. The third-order valence-corrected chi connectivity index (χ3v) is 3.73. The lowest BCUT2D eigenvalue weighted by Gasteiger charge is -2.35. The van der Waals surface area contributed by atoms with E-state index in [2.05, 4.69) is 32.4 Å². The number of ether oxygens (including phenoxy) is 1. The lowest BCUT2D eigenvalue weighted by atomic mass is 9.89. The molecule has 0 radical (unpaired) electrons. The Labute approximate surface area is 118 Å². The third-order valence-electron chi connectivity index (χ3n) is 3.73. The SMILES string of the molecule is Cc1nonc1CNC1CC(OCc2ccccc2)C1. The number of aromatic nitrogens is 2. The molecule has 2 aromatic rings. The Bertz CT molecular complexity index is 535. The van der Waals surface area contributed by atoms with Crippen LogP contribution in [0.3, 0.4) is 0 Å². The van der Waals surface area contributed by atoms with Crippen molar-refractivity contribution in [3.8, 4) is 0 Å². The van der Waals surface area contributed by atoms with Crippen LogP contribution in [0, 0.1) is 6.92 Å². The first-order valence-corrected chi connectivity index (χ1v) is 6.98. The molecule has 1 N–H and O–H groups in total. The number of aryl methyl sites for hydroxylation is 1. The van der Waals surface area contributed by atoms with Crippen LogP contribution in [-0.2, 0) is 17.9 Å². The predicted molar refractivity (Wildman–Crippen MR) is 73.9 cm³/mol. The predicted octanol–water partition coefficient (Wildman–Crippen LogP) is 2.22. The Hall–Kier alpha value is -1.72. The molecule has 0 saturated heterocycles. The summed E-state index contributed by atoms with van der Waals surface area (Å²) in [5, 5.41) is 11.1. The minimum absolute atomic E-state index is 0.365. The maximum Gasteiger partial charge on any atom is 0.121 e. The number of benzene rings is 1. The molecule has 20 heavy (non-hydrogen) atoms. The van der Waals surface area contributed by atoms with E-state index in [9.17, 15) is 0 Å². The summed E-state index contributed by atoms with van der Waals surface area (Å²) in [6, 6.07) is 10.8. The summed E-state index contributed by atoms with van der Waals surface area (Å²) < 4.78 is 10.5. The molecule has 5 nitrogen and oxygen atoms in total. The fourth-order valence-corrected chi connectivity index (χ4v) is 2.31. The second-order valence-corrected chi connectivity index (χ2v) is 5.26. The van der Waals surface area contributed by atoms with E-state index in [4.69, 9.17) is 4.74 Å². The van der Waals surface area contributed by atoms with Gasteiger partial charge in [-0.1, -0.05) is 40.6 Å². The van der Waals surface area contributed by atoms with Gasteiger partial charge in [-0.25, -0.2) is 4.63 Å². The van der Waals surface area contributed by atoms with Gasteiger partial charge in [-0.15, -0.1) is 0 Å². The maximum absolute atomic E-state index is 5.87. The van der Waals surface area contributed by atoms with Crippen LogP contribution in [0.15, 0.2) is 35.0 Å². The van der Waals surface area contributed by atoms with Gasteiger partial charge in [0, 0.05) is 12.6 Å². The van der Waals surface area contributed by atoms with Crippen molar-refractivity contribution >= 4 is 0 Å². The second kappa shape index (κ2) is 6.15. The van der Waals surface area contributed by atoms with E-state index in [1.165, 1.54) is 5.56 Å². The van der Waals surface area contributed by atoms with Crippen molar-refractivity contribution in [2.24, 2.45) is 0 Å². The van der Waals surface area contributed by atoms with Crippen molar-refractivity contribution in [1.82, 2.24) is 15.6 Å². The molecule has 1 aromatic heterocycles. The fourth-order valence-electron chi connectivity index (χ4n) is 2.31. The molecule has 0 atom stereocenters. The number of nitrogens with zero attached hydrogens (tertiary/aromatic N) is 2. The Morgan fingerprint density at radius 2 is 2.05 bits per heavy atom. The molecule has 0 spiro atoms. The number of nitrogens with one attached hydrogen (secondary N) is 1. The summed E-state index contributed by atoms with van der Waals surface area (Å²) in [5.41, 5.74) is 2.97. The van der Waals surface area contributed by atoms with Crippen molar-refractivity contribution < 1.29 is 9.37 Å². The smallest absolute Gasteiger partial charge is 0.121 e. The molecular formula is C15H19N3O2. The van der Waals surface area contributed by atoms with Crippen LogP contribution >= 0.6 is 0 Å². The van der Waals surface area contributed by atoms with Crippen molar-refractivity contribution in [2.45, 2.75) is 45.1 Å². The van der Waals surface area contributed by atoms with Gasteiger partial charge in [0.2, 0.25) is 0 Å². The molecule has 0 bridgehead atoms. The quantitative estimate of drug-likeness (QED) is 0.874. The van der Waals surface area contributed by atoms with Gasteiger partial charge in [0.05, 0.1) is 12.7 Å². The van der Waals surface area contributed by atoms with E-state index in [1.807, 2.05) is 25.1 Å². The molecule has 1 heterocycles. The standard InChI is InChI=1S/C15H19N3O2/c1-11-15(18-20-17-11)9-16-13-7-14(8-13)19-10-12-5-3-2-4-6-12/h2-6,13-14,16H,7-10H2,1H3. The van der Waals surface area contributed by atoms with Crippen molar-refractivity contribution in [2.75, 3.05) is 0 Å².